The fraction of sp³-hybridized carbons (Fsp3) is 0.800. The summed E-state index contributed by atoms with van der Waals surface area (Å²) in [5.74, 6) is 0.743. The van der Waals surface area contributed by atoms with Crippen molar-refractivity contribution in [2.24, 2.45) is 11.3 Å². The van der Waals surface area contributed by atoms with Crippen LogP contribution in [0, 0.1) is 11.3 Å². The largest absolute Gasteiger partial charge is 0.371 e. The van der Waals surface area contributed by atoms with Crippen molar-refractivity contribution in [1.82, 2.24) is 9.59 Å². The van der Waals surface area contributed by atoms with Crippen molar-refractivity contribution >= 4 is 16.5 Å². The average Bonchev–Trinajstić information content (AvgIpc) is 2.61. The third-order valence-electron chi connectivity index (χ3n) is 3.02. The summed E-state index contributed by atoms with van der Waals surface area (Å²) in [6.07, 6.45) is 4.35. The second kappa shape index (κ2) is 3.50. The van der Waals surface area contributed by atoms with Crippen LogP contribution in [0.1, 0.15) is 33.6 Å². The molecule has 78 valence electrons. The zero-order chi connectivity index (χ0) is 10.2. The first-order valence-corrected chi connectivity index (χ1v) is 5.88. The minimum absolute atomic E-state index is 0.481. The Hall–Kier alpha value is -0.640. The molecule has 1 saturated carbocycles. The van der Waals surface area contributed by atoms with Gasteiger partial charge in [0, 0.05) is 17.6 Å². The monoisotopic (exact) mass is 211 g/mol. The van der Waals surface area contributed by atoms with Gasteiger partial charge in [-0.05, 0) is 24.2 Å². The molecule has 1 aromatic heterocycles. The molecule has 3 nitrogen and oxygen atoms in total. The SMILES string of the molecule is CC1CC(C)(C)CC1Nc1cnns1. The van der Waals surface area contributed by atoms with Crippen molar-refractivity contribution in [2.75, 3.05) is 5.32 Å². The van der Waals surface area contributed by atoms with Crippen LogP contribution in [-0.4, -0.2) is 15.6 Å². The normalized spacial score (nSPS) is 30.5. The van der Waals surface area contributed by atoms with Gasteiger partial charge in [0.05, 0.1) is 6.20 Å². The fourth-order valence-corrected chi connectivity index (χ4v) is 2.98. The molecule has 0 bridgehead atoms. The van der Waals surface area contributed by atoms with E-state index in [4.69, 9.17) is 0 Å². The van der Waals surface area contributed by atoms with Crippen LogP contribution in [-0.2, 0) is 0 Å². The molecule has 4 heteroatoms. The van der Waals surface area contributed by atoms with E-state index in [1.54, 1.807) is 0 Å². The maximum atomic E-state index is 3.85. The highest BCUT2D eigenvalue weighted by atomic mass is 32.1. The first-order valence-electron chi connectivity index (χ1n) is 5.11. The van der Waals surface area contributed by atoms with Gasteiger partial charge in [0.2, 0.25) is 0 Å². The predicted molar refractivity (Wildman–Crippen MR) is 59.5 cm³/mol. The van der Waals surface area contributed by atoms with E-state index in [2.05, 4.69) is 35.7 Å². The second-order valence-corrected chi connectivity index (χ2v) is 5.87. The van der Waals surface area contributed by atoms with Gasteiger partial charge in [-0.1, -0.05) is 25.3 Å². The lowest BCUT2D eigenvalue weighted by atomic mass is 9.91. The molecule has 0 aromatic carbocycles. The topological polar surface area (TPSA) is 37.8 Å². The standard InChI is InChI=1S/C10H17N3S/c1-7-4-10(2,3)5-8(7)12-9-6-11-13-14-9/h6-8,12H,4-5H2,1-3H3. The minimum Gasteiger partial charge on any atom is -0.371 e. The van der Waals surface area contributed by atoms with E-state index in [9.17, 15) is 0 Å². The Bertz CT molecular complexity index is 294. The number of aromatic nitrogens is 2. The van der Waals surface area contributed by atoms with E-state index in [0.29, 0.717) is 11.5 Å². The number of rotatable bonds is 2. The summed E-state index contributed by atoms with van der Waals surface area (Å²) in [6.45, 7) is 7.01. The Labute approximate surface area is 89.1 Å². The predicted octanol–water partition coefficient (Wildman–Crippen LogP) is 2.77. The molecule has 0 radical (unpaired) electrons. The van der Waals surface area contributed by atoms with Crippen LogP contribution >= 0.6 is 11.5 Å². The van der Waals surface area contributed by atoms with Gasteiger partial charge in [-0.3, -0.25) is 0 Å². The maximum absolute atomic E-state index is 3.85. The number of hydrogen-bond donors (Lipinski definition) is 1. The molecule has 14 heavy (non-hydrogen) atoms. The van der Waals surface area contributed by atoms with Gasteiger partial charge in [0.1, 0.15) is 5.00 Å². The third kappa shape index (κ3) is 2.05. The van der Waals surface area contributed by atoms with Crippen molar-refractivity contribution in [2.45, 2.75) is 39.7 Å². The summed E-state index contributed by atoms with van der Waals surface area (Å²) in [5, 5.41) is 8.45. The third-order valence-corrected chi connectivity index (χ3v) is 3.62. The van der Waals surface area contributed by atoms with Gasteiger partial charge >= 0.3 is 0 Å². The number of anilines is 1. The van der Waals surface area contributed by atoms with Crippen molar-refractivity contribution in [3.05, 3.63) is 6.20 Å². The molecule has 0 aliphatic heterocycles. The van der Waals surface area contributed by atoms with Crippen molar-refractivity contribution in [3.63, 3.8) is 0 Å². The molecular weight excluding hydrogens is 194 g/mol. The lowest BCUT2D eigenvalue weighted by molar-refractivity contribution is 0.366. The molecule has 1 heterocycles. The zero-order valence-electron chi connectivity index (χ0n) is 8.95. The Morgan fingerprint density at radius 3 is 2.79 bits per heavy atom. The quantitative estimate of drug-likeness (QED) is 0.817. The van der Waals surface area contributed by atoms with Crippen LogP contribution in [0.5, 0.6) is 0 Å². The van der Waals surface area contributed by atoms with Crippen molar-refractivity contribution in [1.29, 1.82) is 0 Å². The highest BCUT2D eigenvalue weighted by Gasteiger charge is 2.36. The number of nitrogens with one attached hydrogen (secondary N) is 1. The highest BCUT2D eigenvalue weighted by molar-refractivity contribution is 7.09. The molecule has 0 amide bonds. The van der Waals surface area contributed by atoms with E-state index in [0.717, 1.165) is 10.9 Å². The molecule has 1 aromatic rings. The van der Waals surface area contributed by atoms with Gasteiger partial charge in [-0.2, -0.15) is 0 Å². The smallest absolute Gasteiger partial charge is 0.130 e. The van der Waals surface area contributed by atoms with Crippen LogP contribution in [0.3, 0.4) is 0 Å². The highest BCUT2D eigenvalue weighted by Crippen LogP contribution is 2.42. The zero-order valence-corrected chi connectivity index (χ0v) is 9.77. The molecule has 1 N–H and O–H groups in total. The number of hydrogen-bond acceptors (Lipinski definition) is 4. The maximum Gasteiger partial charge on any atom is 0.130 e. The molecular formula is C10H17N3S. The van der Waals surface area contributed by atoms with E-state index in [1.165, 1.54) is 24.4 Å². The van der Waals surface area contributed by atoms with E-state index in [-0.39, 0.29) is 0 Å². The van der Waals surface area contributed by atoms with Gasteiger partial charge in [0.15, 0.2) is 0 Å². The molecule has 2 rings (SSSR count). The number of nitrogens with zero attached hydrogens (tertiary/aromatic N) is 2. The minimum atomic E-state index is 0.481. The molecule has 2 atom stereocenters. The summed E-state index contributed by atoms with van der Waals surface area (Å²) in [4.78, 5) is 0. The van der Waals surface area contributed by atoms with Gasteiger partial charge in [-0.25, -0.2) is 0 Å². The molecule has 2 unspecified atom stereocenters. The van der Waals surface area contributed by atoms with E-state index < -0.39 is 0 Å². The molecule has 1 aliphatic carbocycles. The molecule has 0 spiro atoms. The lowest BCUT2D eigenvalue weighted by Gasteiger charge is -2.17. The van der Waals surface area contributed by atoms with Crippen LogP contribution in [0.25, 0.3) is 0 Å². The molecule has 1 fully saturated rings. The summed E-state index contributed by atoms with van der Waals surface area (Å²) in [5.41, 5.74) is 0.481. The molecule has 0 saturated heterocycles. The molecule has 1 aliphatic rings. The van der Waals surface area contributed by atoms with Crippen LogP contribution < -0.4 is 5.32 Å². The Morgan fingerprint density at radius 2 is 2.29 bits per heavy atom. The first kappa shape index (κ1) is 9.90. The van der Waals surface area contributed by atoms with Gasteiger partial charge in [0.25, 0.3) is 0 Å². The fourth-order valence-electron chi connectivity index (χ4n) is 2.50. The second-order valence-electron chi connectivity index (χ2n) is 5.08. The Kier molecular flexibility index (Phi) is 2.47. The Balaban J connectivity index is 2.00. The summed E-state index contributed by atoms with van der Waals surface area (Å²) >= 11 is 1.44. The van der Waals surface area contributed by atoms with Gasteiger partial charge < -0.3 is 5.32 Å². The first-order chi connectivity index (χ1) is 6.57. The summed E-state index contributed by atoms with van der Waals surface area (Å²) in [7, 11) is 0. The van der Waals surface area contributed by atoms with Crippen molar-refractivity contribution < 1.29 is 0 Å². The van der Waals surface area contributed by atoms with Crippen LogP contribution in [0.15, 0.2) is 6.20 Å². The summed E-state index contributed by atoms with van der Waals surface area (Å²) < 4.78 is 3.85. The average molecular weight is 211 g/mol. The van der Waals surface area contributed by atoms with E-state index in [1.807, 2.05) is 6.20 Å². The van der Waals surface area contributed by atoms with Gasteiger partial charge in [-0.15, -0.1) is 5.10 Å². The van der Waals surface area contributed by atoms with E-state index >= 15 is 0 Å². The summed E-state index contributed by atoms with van der Waals surface area (Å²) in [6, 6.07) is 0.590. The van der Waals surface area contributed by atoms with Crippen LogP contribution in [0.4, 0.5) is 5.00 Å². The van der Waals surface area contributed by atoms with Crippen LogP contribution in [0.2, 0.25) is 0 Å². The lowest BCUT2D eigenvalue weighted by Crippen LogP contribution is -2.21. The Morgan fingerprint density at radius 1 is 1.50 bits per heavy atom. The van der Waals surface area contributed by atoms with Crippen molar-refractivity contribution in [3.8, 4) is 0 Å².